The second kappa shape index (κ2) is 22.8. The van der Waals surface area contributed by atoms with Gasteiger partial charge >= 0.3 is 0 Å². The quantitative estimate of drug-likeness (QED) is 0.141. The Kier molecular flexibility index (Phi) is 14.1. The number of rotatable bonds is 8. The molecule has 5 heteroatoms. The molecule has 19 rings (SSSR count). The summed E-state index contributed by atoms with van der Waals surface area (Å²) in [5, 5.41) is 4.92. The Morgan fingerprint density at radius 2 is 0.657 bits per heavy atom. The van der Waals surface area contributed by atoms with Crippen molar-refractivity contribution in [2.24, 2.45) is 0 Å². The first-order chi connectivity index (χ1) is 50.3. The van der Waals surface area contributed by atoms with Crippen LogP contribution in [0.4, 0.5) is 34.1 Å². The molecule has 2 aromatic heterocycles. The molecule has 0 saturated carbocycles. The average Bonchev–Trinajstić information content (AvgIpc) is 1.64. The van der Waals surface area contributed by atoms with Crippen LogP contribution in [-0.4, -0.2) is 15.8 Å². The molecule has 0 saturated heterocycles. The summed E-state index contributed by atoms with van der Waals surface area (Å²) in [7, 11) is 0. The van der Waals surface area contributed by atoms with Gasteiger partial charge < -0.3 is 18.9 Å². The lowest BCUT2D eigenvalue weighted by Gasteiger charge is -2.44. The number of anilines is 6. The molecule has 514 valence electrons. The zero-order valence-corrected chi connectivity index (χ0v) is 63.3. The van der Waals surface area contributed by atoms with E-state index < -0.39 is 0 Å². The van der Waals surface area contributed by atoms with Crippen molar-refractivity contribution in [3.05, 3.63) is 306 Å². The number of aromatic nitrogens is 2. The zero-order chi connectivity index (χ0) is 72.2. The van der Waals surface area contributed by atoms with Crippen molar-refractivity contribution in [1.29, 1.82) is 0 Å². The minimum absolute atomic E-state index is 0.0691. The van der Waals surface area contributed by atoms with Crippen molar-refractivity contribution in [3.8, 4) is 55.9 Å². The standard InChI is InChI=1S/C100H91BN4/c1-95(2,3)70-50-69(51-71(56-70)96(4,5)6)68-39-49-90-85(55-68)101-84-47-44-74(104-88-31-23-20-28-78(88)79-52-65(38-48-89(79)104)62-24-16-15-17-25-62)57-91(84)103(73-42-34-64(35-43-73)67-37-46-81-83(54-67)100(13,14)61-98(81,9)10)93-59-75(105-86-29-21-18-26-76(86)77-27-19-22-30-87(77)105)58-92(94(93)101)102(90)72-40-32-63(33-41-72)66-36-45-80-82(53-66)99(11,12)60-97(80,7)8/h15-59H,60-61H2,1-14H3. The summed E-state index contributed by atoms with van der Waals surface area (Å²) in [6.45, 7) is 33.3. The van der Waals surface area contributed by atoms with Crippen LogP contribution < -0.4 is 26.2 Å². The largest absolute Gasteiger partial charge is 0.311 e. The van der Waals surface area contributed by atoms with Gasteiger partial charge in [-0.25, -0.2) is 0 Å². The molecule has 4 heterocycles. The van der Waals surface area contributed by atoms with Gasteiger partial charge in [0.05, 0.1) is 27.8 Å². The van der Waals surface area contributed by atoms with Gasteiger partial charge in [-0.2, -0.15) is 0 Å². The number of para-hydroxylation sites is 3. The van der Waals surface area contributed by atoms with E-state index in [9.17, 15) is 0 Å². The molecule has 0 unspecified atom stereocenters. The Morgan fingerprint density at radius 1 is 0.267 bits per heavy atom. The summed E-state index contributed by atoms with van der Waals surface area (Å²) >= 11 is 0. The molecule has 2 aliphatic heterocycles. The fourth-order valence-corrected chi connectivity index (χ4v) is 19.8. The predicted octanol–water partition coefficient (Wildman–Crippen LogP) is 25.1. The van der Waals surface area contributed by atoms with E-state index in [0.29, 0.717) is 0 Å². The first-order valence-electron chi connectivity index (χ1n) is 38.1. The highest BCUT2D eigenvalue weighted by atomic mass is 15.2. The minimum Gasteiger partial charge on any atom is -0.311 e. The number of fused-ring (bicyclic) bond motifs is 12. The lowest BCUT2D eigenvalue weighted by atomic mass is 9.33. The Balaban J connectivity index is 0.896. The predicted molar refractivity (Wildman–Crippen MR) is 450 cm³/mol. The van der Waals surface area contributed by atoms with E-state index in [1.807, 2.05) is 0 Å². The maximum Gasteiger partial charge on any atom is 0.252 e. The van der Waals surface area contributed by atoms with Gasteiger partial charge in [0.15, 0.2) is 0 Å². The van der Waals surface area contributed by atoms with Gasteiger partial charge in [-0.05, 0) is 225 Å². The molecular weight excluding hydrogens is 1270 g/mol. The number of hydrogen-bond acceptors (Lipinski definition) is 2. The lowest BCUT2D eigenvalue weighted by Crippen LogP contribution is -2.61. The van der Waals surface area contributed by atoms with Crippen molar-refractivity contribution in [2.75, 3.05) is 9.80 Å². The molecule has 0 N–H and O–H groups in total. The van der Waals surface area contributed by atoms with Gasteiger partial charge in [0.2, 0.25) is 0 Å². The van der Waals surface area contributed by atoms with Gasteiger partial charge in [-0.15, -0.1) is 0 Å². The van der Waals surface area contributed by atoms with E-state index in [4.69, 9.17) is 0 Å². The Bertz CT molecular complexity index is 6030. The number of nitrogens with zero attached hydrogens (tertiary/aromatic N) is 4. The average molecular weight is 1360 g/mol. The van der Waals surface area contributed by atoms with Gasteiger partial charge in [-0.3, -0.25) is 0 Å². The third-order valence-electron chi connectivity index (χ3n) is 24.6. The highest BCUT2D eigenvalue weighted by Crippen LogP contribution is 2.54. The van der Waals surface area contributed by atoms with Crippen LogP contribution in [0.5, 0.6) is 0 Å². The van der Waals surface area contributed by atoms with Crippen LogP contribution in [0.3, 0.4) is 0 Å². The van der Waals surface area contributed by atoms with Crippen LogP contribution in [0.25, 0.3) is 99.5 Å². The SMILES string of the molecule is CC(C)(C)c1cc(-c2ccc3c(c2)B2c4ccc(-n5c6ccccc6c6cc(-c7ccccc7)ccc65)cc4N(c4ccc(-c5ccc6c(c5)C(C)(C)CC6(C)C)cc4)c4cc(-n5c6ccccc6c6ccccc65)cc(c42)N3c2ccc(-c3ccc4c(c3)C(C)(C)CC4(C)C)cc2)cc(C(C)(C)C)c1. The van der Waals surface area contributed by atoms with Gasteiger partial charge in [0, 0.05) is 61.4 Å². The van der Waals surface area contributed by atoms with Gasteiger partial charge in [0.25, 0.3) is 6.71 Å². The van der Waals surface area contributed by atoms with E-state index in [0.717, 1.165) is 52.7 Å². The molecule has 2 aliphatic carbocycles. The molecule has 13 aromatic carbocycles. The maximum atomic E-state index is 2.64. The van der Waals surface area contributed by atoms with Crippen LogP contribution in [0.15, 0.2) is 273 Å². The molecule has 0 spiro atoms. The Hall–Kier alpha value is -10.9. The maximum absolute atomic E-state index is 2.64. The third-order valence-corrected chi connectivity index (χ3v) is 24.6. The van der Waals surface area contributed by atoms with Crippen molar-refractivity contribution in [2.45, 2.75) is 142 Å². The first-order valence-corrected chi connectivity index (χ1v) is 38.1. The number of hydrogen-bond donors (Lipinski definition) is 0. The summed E-state index contributed by atoms with van der Waals surface area (Å²) in [6.07, 6.45) is 2.26. The van der Waals surface area contributed by atoms with Crippen LogP contribution in [0.1, 0.15) is 143 Å². The zero-order valence-electron chi connectivity index (χ0n) is 63.3. The molecule has 0 bridgehead atoms. The van der Waals surface area contributed by atoms with Crippen molar-refractivity contribution in [1.82, 2.24) is 9.13 Å². The smallest absolute Gasteiger partial charge is 0.252 e. The summed E-state index contributed by atoms with van der Waals surface area (Å²) < 4.78 is 5.05. The van der Waals surface area contributed by atoms with Crippen LogP contribution in [0.2, 0.25) is 0 Å². The molecule has 15 aromatic rings. The lowest BCUT2D eigenvalue weighted by molar-refractivity contribution is 0.402. The highest BCUT2D eigenvalue weighted by Gasteiger charge is 2.46. The molecule has 0 radical (unpaired) electrons. The van der Waals surface area contributed by atoms with Crippen molar-refractivity contribution >= 4 is 101 Å². The molecule has 4 nitrogen and oxygen atoms in total. The van der Waals surface area contributed by atoms with Crippen molar-refractivity contribution in [3.63, 3.8) is 0 Å². The minimum atomic E-state index is -0.190. The third kappa shape index (κ3) is 10.2. The Labute approximate surface area is 620 Å². The second-order valence-electron chi connectivity index (χ2n) is 35.6. The van der Waals surface area contributed by atoms with Gasteiger partial charge in [0.1, 0.15) is 0 Å². The van der Waals surface area contributed by atoms with Crippen molar-refractivity contribution < 1.29 is 0 Å². The monoisotopic (exact) mass is 1360 g/mol. The van der Waals surface area contributed by atoms with Crippen LogP contribution >= 0.6 is 0 Å². The molecule has 0 amide bonds. The normalized spacial score (nSPS) is 15.9. The van der Waals surface area contributed by atoms with Gasteiger partial charge in [-0.1, -0.05) is 285 Å². The highest BCUT2D eigenvalue weighted by molar-refractivity contribution is 7.00. The molecule has 4 aliphatic rings. The fourth-order valence-electron chi connectivity index (χ4n) is 19.8. The summed E-state index contributed by atoms with van der Waals surface area (Å²) in [6, 6.07) is 106. The first kappa shape index (κ1) is 64.9. The van der Waals surface area contributed by atoms with E-state index in [1.165, 1.54) is 144 Å². The summed E-state index contributed by atoms with van der Waals surface area (Å²) in [4.78, 5) is 5.26. The van der Waals surface area contributed by atoms with E-state index in [-0.39, 0.29) is 39.2 Å². The topological polar surface area (TPSA) is 16.3 Å². The van der Waals surface area contributed by atoms with Crippen LogP contribution in [-0.2, 0) is 32.5 Å². The fraction of sp³-hybridized carbons (Fsp3) is 0.220. The Morgan fingerprint density at radius 3 is 1.18 bits per heavy atom. The molecule has 0 fully saturated rings. The van der Waals surface area contributed by atoms with E-state index >= 15 is 0 Å². The molecule has 105 heavy (non-hydrogen) atoms. The summed E-state index contributed by atoms with van der Waals surface area (Å²) in [5.74, 6) is 0. The number of benzene rings is 13. The summed E-state index contributed by atoms with van der Waals surface area (Å²) in [5.41, 5.74) is 36.1. The van der Waals surface area contributed by atoms with E-state index in [2.05, 4.69) is 389 Å². The molecule has 0 atom stereocenters. The van der Waals surface area contributed by atoms with Crippen LogP contribution in [0, 0.1) is 0 Å². The second-order valence-corrected chi connectivity index (χ2v) is 35.6. The van der Waals surface area contributed by atoms with E-state index in [1.54, 1.807) is 0 Å². The molecular formula is C100H91BN4.